The summed E-state index contributed by atoms with van der Waals surface area (Å²) in [7, 11) is 0. The predicted octanol–water partition coefficient (Wildman–Crippen LogP) is 19.0. The minimum absolute atomic E-state index is 0.0876. The van der Waals surface area contributed by atoms with Crippen molar-refractivity contribution in [2.45, 2.75) is 284 Å². The molecule has 0 unspecified atom stereocenters. The van der Waals surface area contributed by atoms with Crippen molar-refractivity contribution in [2.75, 3.05) is 13.2 Å². The van der Waals surface area contributed by atoms with E-state index < -0.39 is 6.10 Å². The Morgan fingerprint density at radius 3 is 0.955 bits per heavy atom. The molecule has 0 bridgehead atoms. The van der Waals surface area contributed by atoms with E-state index in [1.54, 1.807) is 0 Å². The van der Waals surface area contributed by atoms with Crippen LogP contribution in [-0.4, -0.2) is 37.2 Å². The molecule has 0 fully saturated rings. The topological polar surface area (TPSA) is 78.9 Å². The molecule has 1 atom stereocenters. The molecule has 0 aromatic carbocycles. The van der Waals surface area contributed by atoms with Gasteiger partial charge in [0, 0.05) is 19.3 Å². The van der Waals surface area contributed by atoms with Gasteiger partial charge in [-0.3, -0.25) is 14.4 Å². The van der Waals surface area contributed by atoms with Crippen molar-refractivity contribution < 1.29 is 28.6 Å². The normalized spacial score (nSPS) is 12.6. The Hall–Kier alpha value is -3.15. The molecule has 0 amide bonds. The van der Waals surface area contributed by atoms with Crippen molar-refractivity contribution in [3.8, 4) is 0 Å². The maximum atomic E-state index is 12.8. The van der Waals surface area contributed by atoms with Crippen molar-refractivity contribution in [3.05, 3.63) is 72.9 Å². The summed E-state index contributed by atoms with van der Waals surface area (Å²) < 4.78 is 16.8. The van der Waals surface area contributed by atoms with E-state index >= 15 is 0 Å². The zero-order chi connectivity index (χ0) is 48.6. The minimum Gasteiger partial charge on any atom is -0.462 e. The van der Waals surface area contributed by atoms with Crippen LogP contribution in [0, 0.1) is 0 Å². The van der Waals surface area contributed by atoms with E-state index in [4.69, 9.17) is 14.2 Å². The van der Waals surface area contributed by atoms with Gasteiger partial charge < -0.3 is 14.2 Å². The molecule has 386 valence electrons. The molecule has 6 nitrogen and oxygen atoms in total. The van der Waals surface area contributed by atoms with Crippen molar-refractivity contribution >= 4 is 17.9 Å². The number of allylic oxidation sites excluding steroid dienone is 12. The van der Waals surface area contributed by atoms with E-state index in [0.717, 1.165) is 116 Å². The highest BCUT2D eigenvalue weighted by molar-refractivity contribution is 5.71. The first kappa shape index (κ1) is 63.8. The van der Waals surface area contributed by atoms with E-state index in [9.17, 15) is 14.4 Å². The lowest BCUT2D eigenvalue weighted by Gasteiger charge is -2.18. The van der Waals surface area contributed by atoms with Gasteiger partial charge in [-0.25, -0.2) is 0 Å². The Kier molecular flexibility index (Phi) is 52.8. The van der Waals surface area contributed by atoms with Gasteiger partial charge in [0.15, 0.2) is 6.10 Å². The van der Waals surface area contributed by atoms with Crippen LogP contribution in [0.5, 0.6) is 0 Å². The van der Waals surface area contributed by atoms with E-state index in [1.807, 2.05) is 0 Å². The number of esters is 3. The van der Waals surface area contributed by atoms with Crippen LogP contribution in [0.25, 0.3) is 0 Å². The number of hydrogen-bond donors (Lipinski definition) is 0. The first-order valence-electron chi connectivity index (χ1n) is 28.4. The summed E-state index contributed by atoms with van der Waals surface area (Å²) >= 11 is 0. The molecule has 0 aliphatic carbocycles. The molecule has 0 saturated carbocycles. The third-order valence-corrected chi connectivity index (χ3v) is 12.2. The third-order valence-electron chi connectivity index (χ3n) is 12.2. The van der Waals surface area contributed by atoms with Gasteiger partial charge in [-0.1, -0.05) is 222 Å². The lowest BCUT2D eigenvalue weighted by molar-refractivity contribution is -0.167. The largest absolute Gasteiger partial charge is 0.462 e. The van der Waals surface area contributed by atoms with Crippen LogP contribution in [0.3, 0.4) is 0 Å². The average Bonchev–Trinajstić information content (AvgIpc) is 3.33. The number of rotatable bonds is 51. The van der Waals surface area contributed by atoms with E-state index in [1.165, 1.54) is 122 Å². The van der Waals surface area contributed by atoms with Crippen molar-refractivity contribution in [2.24, 2.45) is 0 Å². The fraction of sp³-hybridized carbons (Fsp3) is 0.754. The summed E-state index contributed by atoms with van der Waals surface area (Å²) in [6.45, 7) is 6.49. The van der Waals surface area contributed by atoms with Gasteiger partial charge in [0.1, 0.15) is 13.2 Å². The van der Waals surface area contributed by atoms with Gasteiger partial charge in [-0.15, -0.1) is 0 Å². The predicted molar refractivity (Wildman–Crippen MR) is 288 cm³/mol. The van der Waals surface area contributed by atoms with Gasteiger partial charge in [0.2, 0.25) is 0 Å². The lowest BCUT2D eigenvalue weighted by Crippen LogP contribution is -2.30. The molecule has 0 aromatic heterocycles. The van der Waals surface area contributed by atoms with Crippen molar-refractivity contribution in [3.63, 3.8) is 0 Å². The summed E-state index contributed by atoms with van der Waals surface area (Å²) in [5, 5.41) is 0. The van der Waals surface area contributed by atoms with Crippen LogP contribution in [-0.2, 0) is 28.6 Å². The van der Waals surface area contributed by atoms with E-state index in [-0.39, 0.29) is 31.1 Å². The maximum Gasteiger partial charge on any atom is 0.306 e. The summed E-state index contributed by atoms with van der Waals surface area (Å²) in [5.41, 5.74) is 0. The Morgan fingerprint density at radius 1 is 0.313 bits per heavy atom. The maximum absolute atomic E-state index is 12.8. The second-order valence-electron chi connectivity index (χ2n) is 18.8. The first-order chi connectivity index (χ1) is 33.0. The van der Waals surface area contributed by atoms with Crippen LogP contribution in [0.4, 0.5) is 0 Å². The van der Waals surface area contributed by atoms with E-state index in [0.29, 0.717) is 19.3 Å². The summed E-state index contributed by atoms with van der Waals surface area (Å²) in [6, 6.07) is 0. The SMILES string of the molecule is CC/C=C/C/C=C/C/C=C/CCCCCCCC(=O)O[C@H](COC(=O)CCCCCCC/C=C/C/C=C/CCCCC)COC(=O)CCCCCCCCCCC/C=C/CCCCCCCC. The quantitative estimate of drug-likeness (QED) is 0.0262. The Morgan fingerprint density at radius 2 is 0.582 bits per heavy atom. The molecular formula is C61H106O6. The molecule has 0 N–H and O–H groups in total. The highest BCUT2D eigenvalue weighted by Gasteiger charge is 2.19. The summed E-state index contributed by atoms with van der Waals surface area (Å²) in [5.74, 6) is -0.914. The Bertz CT molecular complexity index is 1260. The van der Waals surface area contributed by atoms with Gasteiger partial charge in [-0.2, -0.15) is 0 Å². The number of carbonyl (C=O) groups excluding carboxylic acids is 3. The number of ether oxygens (including phenoxy) is 3. The molecule has 67 heavy (non-hydrogen) atoms. The number of unbranched alkanes of at least 4 members (excludes halogenated alkanes) is 28. The third kappa shape index (κ3) is 53.7. The Labute approximate surface area is 414 Å². The van der Waals surface area contributed by atoms with Gasteiger partial charge in [-0.05, 0) is 109 Å². The molecule has 0 aliphatic rings. The highest BCUT2D eigenvalue weighted by atomic mass is 16.6. The molecule has 0 spiro atoms. The molecule has 0 aliphatic heterocycles. The molecule has 0 saturated heterocycles. The fourth-order valence-corrected chi connectivity index (χ4v) is 7.89. The second-order valence-corrected chi connectivity index (χ2v) is 18.8. The van der Waals surface area contributed by atoms with E-state index in [2.05, 4.69) is 93.7 Å². The minimum atomic E-state index is -0.791. The van der Waals surface area contributed by atoms with Gasteiger partial charge in [0.25, 0.3) is 0 Å². The first-order valence-corrected chi connectivity index (χ1v) is 28.4. The molecule has 0 heterocycles. The van der Waals surface area contributed by atoms with Crippen LogP contribution in [0.2, 0.25) is 0 Å². The molecule has 6 heteroatoms. The number of carbonyl (C=O) groups is 3. The highest BCUT2D eigenvalue weighted by Crippen LogP contribution is 2.15. The monoisotopic (exact) mass is 935 g/mol. The summed E-state index contributed by atoms with van der Waals surface area (Å²) in [4.78, 5) is 38.1. The van der Waals surface area contributed by atoms with Crippen LogP contribution >= 0.6 is 0 Å². The van der Waals surface area contributed by atoms with Crippen LogP contribution in [0.15, 0.2) is 72.9 Å². The lowest BCUT2D eigenvalue weighted by atomic mass is 10.1. The fourth-order valence-electron chi connectivity index (χ4n) is 7.89. The molecule has 0 radical (unpaired) electrons. The summed E-state index contributed by atoms with van der Waals surface area (Å²) in [6.07, 6.45) is 70.3. The smallest absolute Gasteiger partial charge is 0.306 e. The standard InChI is InChI=1S/C61H106O6/c1-4-7-10-13-16-19-22-25-28-29-30-31-34-36-39-42-45-48-51-54-60(63)66-57-58(67-61(64)55-52-49-46-43-40-37-33-27-24-21-18-15-12-9-6-3)56-65-59(62)53-50-47-44-41-38-35-32-26-23-20-17-14-11-8-5-2/h9,12,17-18,20-21,25-28,32-33,58H,4-8,10-11,13-16,19,22-24,29-31,34-57H2,1-3H3/b12-9+,20-17+,21-18+,28-25+,32-26+,33-27+/t58-/m1/s1. The molecule has 0 rings (SSSR count). The number of hydrogen-bond acceptors (Lipinski definition) is 6. The van der Waals surface area contributed by atoms with Gasteiger partial charge in [0.05, 0.1) is 0 Å². The van der Waals surface area contributed by atoms with Crippen molar-refractivity contribution in [1.29, 1.82) is 0 Å². The van der Waals surface area contributed by atoms with Crippen molar-refractivity contribution in [1.82, 2.24) is 0 Å². The zero-order valence-corrected chi connectivity index (χ0v) is 44.2. The van der Waals surface area contributed by atoms with Crippen LogP contribution < -0.4 is 0 Å². The average molecular weight is 936 g/mol. The molecular weight excluding hydrogens is 829 g/mol. The molecule has 0 aromatic rings. The zero-order valence-electron chi connectivity index (χ0n) is 44.2. The second kappa shape index (κ2) is 55.4. The Balaban J connectivity index is 4.40. The van der Waals surface area contributed by atoms with Gasteiger partial charge >= 0.3 is 17.9 Å². The van der Waals surface area contributed by atoms with Crippen LogP contribution in [0.1, 0.15) is 278 Å².